The Morgan fingerprint density at radius 2 is 1.56 bits per heavy atom. The average molecular weight is 458 g/mol. The number of anilines is 3. The maximum atomic E-state index is 13.6. The van der Waals surface area contributed by atoms with Gasteiger partial charge >= 0.3 is 0 Å². The highest BCUT2D eigenvalue weighted by Gasteiger charge is 2.40. The SMILES string of the molecule is CCOc1ccc(NC2=C(c3ccc(OC)cc3)C(=O)N(c3cccc(N(C)C)c3)C2=O)cc1. The van der Waals surface area contributed by atoms with Crippen LogP contribution in [0.15, 0.2) is 78.5 Å². The van der Waals surface area contributed by atoms with Gasteiger partial charge in [-0.2, -0.15) is 0 Å². The van der Waals surface area contributed by atoms with Crippen molar-refractivity contribution in [3.63, 3.8) is 0 Å². The van der Waals surface area contributed by atoms with Crippen molar-refractivity contribution in [3.8, 4) is 11.5 Å². The first-order valence-corrected chi connectivity index (χ1v) is 11.0. The van der Waals surface area contributed by atoms with Gasteiger partial charge in [0.2, 0.25) is 0 Å². The average Bonchev–Trinajstić information content (AvgIpc) is 3.09. The quantitative estimate of drug-likeness (QED) is 0.500. The third kappa shape index (κ3) is 4.45. The molecule has 0 radical (unpaired) electrons. The number of imide groups is 1. The Balaban J connectivity index is 1.76. The van der Waals surface area contributed by atoms with Gasteiger partial charge in [-0.25, -0.2) is 4.90 Å². The first kappa shape index (κ1) is 22.9. The van der Waals surface area contributed by atoms with Crippen molar-refractivity contribution in [2.75, 3.05) is 42.9 Å². The molecule has 1 aliphatic heterocycles. The Labute approximate surface area is 199 Å². The number of rotatable bonds is 8. The molecule has 3 aromatic carbocycles. The molecule has 0 spiro atoms. The number of nitrogens with one attached hydrogen (secondary N) is 1. The molecule has 7 heteroatoms. The van der Waals surface area contributed by atoms with E-state index in [9.17, 15) is 9.59 Å². The maximum Gasteiger partial charge on any atom is 0.282 e. The highest BCUT2D eigenvalue weighted by molar-refractivity contribution is 6.46. The van der Waals surface area contributed by atoms with Gasteiger partial charge < -0.3 is 19.7 Å². The number of ether oxygens (including phenoxy) is 2. The van der Waals surface area contributed by atoms with Crippen LogP contribution in [0, 0.1) is 0 Å². The van der Waals surface area contributed by atoms with E-state index in [4.69, 9.17) is 9.47 Å². The van der Waals surface area contributed by atoms with E-state index in [2.05, 4.69) is 5.32 Å². The largest absolute Gasteiger partial charge is 0.497 e. The van der Waals surface area contributed by atoms with Crippen LogP contribution in [0.2, 0.25) is 0 Å². The van der Waals surface area contributed by atoms with E-state index in [1.807, 2.05) is 68.4 Å². The summed E-state index contributed by atoms with van der Waals surface area (Å²) in [6.07, 6.45) is 0. The van der Waals surface area contributed by atoms with Crippen LogP contribution in [0.3, 0.4) is 0 Å². The highest BCUT2D eigenvalue weighted by atomic mass is 16.5. The molecule has 1 heterocycles. The number of hydrogen-bond acceptors (Lipinski definition) is 6. The van der Waals surface area contributed by atoms with Gasteiger partial charge in [-0.3, -0.25) is 9.59 Å². The molecule has 174 valence electrons. The lowest BCUT2D eigenvalue weighted by atomic mass is 10.0. The molecule has 34 heavy (non-hydrogen) atoms. The molecule has 0 saturated carbocycles. The number of nitrogens with zero attached hydrogens (tertiary/aromatic N) is 2. The second-order valence-electron chi connectivity index (χ2n) is 7.92. The number of hydrogen-bond donors (Lipinski definition) is 1. The van der Waals surface area contributed by atoms with Gasteiger partial charge in [-0.15, -0.1) is 0 Å². The first-order valence-electron chi connectivity index (χ1n) is 11.0. The molecule has 0 fully saturated rings. The molecule has 0 aromatic heterocycles. The second kappa shape index (κ2) is 9.70. The fraction of sp³-hybridized carbons (Fsp3) is 0.185. The molecule has 4 rings (SSSR count). The standard InChI is InChI=1S/C27H27N3O4/c1-5-34-23-15-11-19(12-16-23)28-25-24(18-9-13-22(33-4)14-10-18)26(31)30(27(25)32)21-8-6-7-20(17-21)29(2)3/h6-17,28H,5H2,1-4H3. The summed E-state index contributed by atoms with van der Waals surface area (Å²) in [5.41, 5.74) is 3.22. The van der Waals surface area contributed by atoms with Gasteiger partial charge in [0.1, 0.15) is 17.2 Å². The first-order chi connectivity index (χ1) is 16.4. The van der Waals surface area contributed by atoms with Crippen LogP contribution in [-0.4, -0.2) is 39.6 Å². The van der Waals surface area contributed by atoms with Gasteiger partial charge in [-0.1, -0.05) is 18.2 Å². The summed E-state index contributed by atoms with van der Waals surface area (Å²) >= 11 is 0. The van der Waals surface area contributed by atoms with Gasteiger partial charge in [0.05, 0.1) is 25.0 Å². The van der Waals surface area contributed by atoms with E-state index < -0.39 is 5.91 Å². The molecule has 2 amide bonds. The Morgan fingerprint density at radius 3 is 2.18 bits per heavy atom. The zero-order valence-electron chi connectivity index (χ0n) is 19.7. The van der Waals surface area contributed by atoms with Crippen molar-refractivity contribution < 1.29 is 19.1 Å². The molecule has 3 aromatic rings. The number of carbonyl (C=O) groups is 2. The number of carbonyl (C=O) groups excluding carboxylic acids is 2. The number of methoxy groups -OCH3 is 1. The lowest BCUT2D eigenvalue weighted by molar-refractivity contribution is -0.120. The number of amides is 2. The van der Waals surface area contributed by atoms with Crippen LogP contribution < -0.4 is 24.6 Å². The maximum absolute atomic E-state index is 13.6. The molecule has 0 unspecified atom stereocenters. The molecule has 0 bridgehead atoms. The smallest absolute Gasteiger partial charge is 0.282 e. The van der Waals surface area contributed by atoms with E-state index in [-0.39, 0.29) is 11.6 Å². The second-order valence-corrected chi connectivity index (χ2v) is 7.92. The molecule has 0 aliphatic carbocycles. The minimum absolute atomic E-state index is 0.217. The summed E-state index contributed by atoms with van der Waals surface area (Å²) in [7, 11) is 5.40. The van der Waals surface area contributed by atoms with Crippen molar-refractivity contribution in [1.29, 1.82) is 0 Å². The minimum Gasteiger partial charge on any atom is -0.497 e. The zero-order valence-corrected chi connectivity index (χ0v) is 19.7. The monoisotopic (exact) mass is 457 g/mol. The van der Waals surface area contributed by atoms with E-state index >= 15 is 0 Å². The third-order valence-corrected chi connectivity index (χ3v) is 5.50. The lowest BCUT2D eigenvalue weighted by Gasteiger charge is -2.19. The van der Waals surface area contributed by atoms with Crippen LogP contribution in [0.1, 0.15) is 12.5 Å². The Bertz CT molecular complexity index is 1230. The summed E-state index contributed by atoms with van der Waals surface area (Å²) in [6, 6.07) is 21.7. The van der Waals surface area contributed by atoms with E-state index in [1.165, 1.54) is 4.90 Å². The molecule has 1 N–H and O–H groups in total. The Hall–Kier alpha value is -4.26. The number of benzene rings is 3. The van der Waals surface area contributed by atoms with Crippen molar-refractivity contribution >= 4 is 34.4 Å². The minimum atomic E-state index is -0.416. The fourth-order valence-electron chi connectivity index (χ4n) is 3.76. The molecule has 1 aliphatic rings. The molecule has 7 nitrogen and oxygen atoms in total. The highest BCUT2D eigenvalue weighted by Crippen LogP contribution is 2.35. The van der Waals surface area contributed by atoms with Crippen LogP contribution in [-0.2, 0) is 9.59 Å². The van der Waals surface area contributed by atoms with Gasteiger partial charge in [0.25, 0.3) is 11.8 Å². The van der Waals surface area contributed by atoms with Crippen LogP contribution in [0.25, 0.3) is 5.57 Å². The fourth-order valence-corrected chi connectivity index (χ4v) is 3.76. The predicted molar refractivity (Wildman–Crippen MR) is 134 cm³/mol. The van der Waals surface area contributed by atoms with Gasteiger partial charge in [-0.05, 0) is 67.1 Å². The molecule has 0 saturated heterocycles. The van der Waals surface area contributed by atoms with Crippen molar-refractivity contribution in [2.45, 2.75) is 6.92 Å². The summed E-state index contributed by atoms with van der Waals surface area (Å²) in [5.74, 6) is 0.589. The van der Waals surface area contributed by atoms with E-state index in [0.717, 1.165) is 11.4 Å². The van der Waals surface area contributed by atoms with Crippen LogP contribution >= 0.6 is 0 Å². The molecular weight excluding hydrogens is 430 g/mol. The topological polar surface area (TPSA) is 71.1 Å². The summed E-state index contributed by atoms with van der Waals surface area (Å²) in [6.45, 7) is 2.48. The van der Waals surface area contributed by atoms with E-state index in [1.54, 1.807) is 37.4 Å². The van der Waals surface area contributed by atoms with Crippen molar-refractivity contribution in [3.05, 3.63) is 84.1 Å². The van der Waals surface area contributed by atoms with Crippen LogP contribution in [0.4, 0.5) is 17.1 Å². The normalized spacial score (nSPS) is 13.4. The van der Waals surface area contributed by atoms with Crippen LogP contribution in [0.5, 0.6) is 11.5 Å². The summed E-state index contributed by atoms with van der Waals surface area (Å²) in [5, 5.41) is 3.18. The lowest BCUT2D eigenvalue weighted by Crippen LogP contribution is -2.32. The summed E-state index contributed by atoms with van der Waals surface area (Å²) < 4.78 is 10.8. The zero-order chi connectivity index (χ0) is 24.2. The third-order valence-electron chi connectivity index (χ3n) is 5.50. The van der Waals surface area contributed by atoms with Crippen molar-refractivity contribution in [2.24, 2.45) is 0 Å². The van der Waals surface area contributed by atoms with Gasteiger partial charge in [0, 0.05) is 25.5 Å². The summed E-state index contributed by atoms with van der Waals surface area (Å²) in [4.78, 5) is 30.4. The van der Waals surface area contributed by atoms with Gasteiger partial charge in [0.15, 0.2) is 0 Å². The Morgan fingerprint density at radius 1 is 0.882 bits per heavy atom. The van der Waals surface area contributed by atoms with Crippen molar-refractivity contribution in [1.82, 2.24) is 0 Å². The molecule has 0 atom stereocenters. The molecular formula is C27H27N3O4. The Kier molecular flexibility index (Phi) is 6.54. The predicted octanol–water partition coefficient (Wildman–Crippen LogP) is 4.56. The van der Waals surface area contributed by atoms with E-state index in [0.29, 0.717) is 34.9 Å².